The first kappa shape index (κ1) is 22.6. The minimum Gasteiger partial charge on any atom is -0.482 e. The van der Waals surface area contributed by atoms with Crippen LogP contribution in [0.4, 0.5) is 11.4 Å². The lowest BCUT2D eigenvalue weighted by molar-refractivity contribution is -0.121. The number of hydrogen-bond donors (Lipinski definition) is 2. The van der Waals surface area contributed by atoms with Gasteiger partial charge >= 0.3 is 0 Å². The van der Waals surface area contributed by atoms with Gasteiger partial charge < -0.3 is 15.4 Å². The van der Waals surface area contributed by atoms with Gasteiger partial charge in [-0.1, -0.05) is 17.7 Å². The average molecular weight is 478 g/mol. The standard InChI is InChI=1S/C22H24ClN3O5S/c1-13-5-6-17(16(23)8-13)25-22(28)15-4-3-7-26(11-15)32(29,30)20-10-19-18(9-14(20)2)24-21(27)12-31-19/h5-6,8-10,15H,3-4,7,11-12H2,1-2H3,(H,24,27)(H,25,28)/t15-/m0/s1. The summed E-state index contributed by atoms with van der Waals surface area (Å²) in [6, 6.07) is 8.38. The molecule has 1 atom stereocenters. The number of nitrogens with zero attached hydrogens (tertiary/aromatic N) is 1. The molecule has 4 rings (SSSR count). The topological polar surface area (TPSA) is 105 Å². The summed E-state index contributed by atoms with van der Waals surface area (Å²) in [4.78, 5) is 24.5. The number of carbonyl (C=O) groups is 2. The molecule has 2 N–H and O–H groups in total. The zero-order chi connectivity index (χ0) is 23.0. The van der Waals surface area contributed by atoms with E-state index in [2.05, 4.69) is 10.6 Å². The van der Waals surface area contributed by atoms with Crippen LogP contribution in [0, 0.1) is 19.8 Å². The Morgan fingerprint density at radius 3 is 2.78 bits per heavy atom. The zero-order valence-electron chi connectivity index (χ0n) is 17.8. The van der Waals surface area contributed by atoms with Crippen LogP contribution in [0.3, 0.4) is 0 Å². The van der Waals surface area contributed by atoms with Crippen molar-refractivity contribution in [1.29, 1.82) is 0 Å². The molecule has 1 fully saturated rings. The predicted octanol–water partition coefficient (Wildman–Crippen LogP) is 3.33. The molecule has 1 saturated heterocycles. The van der Waals surface area contributed by atoms with Crippen molar-refractivity contribution in [2.75, 3.05) is 30.3 Å². The summed E-state index contributed by atoms with van der Waals surface area (Å²) in [7, 11) is -3.86. The van der Waals surface area contributed by atoms with Crippen molar-refractivity contribution < 1.29 is 22.7 Å². The third-order valence-corrected chi connectivity index (χ3v) is 7.99. The van der Waals surface area contributed by atoms with Gasteiger partial charge in [0.05, 0.1) is 27.2 Å². The Morgan fingerprint density at radius 2 is 2.03 bits per heavy atom. The first-order valence-corrected chi connectivity index (χ1v) is 12.1. The van der Waals surface area contributed by atoms with E-state index in [0.717, 1.165) is 5.56 Å². The monoisotopic (exact) mass is 477 g/mol. The number of benzene rings is 2. The molecule has 0 spiro atoms. The second-order valence-corrected chi connectivity index (χ2v) is 10.4. The van der Waals surface area contributed by atoms with Crippen LogP contribution < -0.4 is 15.4 Å². The van der Waals surface area contributed by atoms with E-state index in [-0.39, 0.29) is 29.9 Å². The number of sulfonamides is 1. The number of amides is 2. The fraction of sp³-hybridized carbons (Fsp3) is 0.364. The smallest absolute Gasteiger partial charge is 0.262 e. The second kappa shape index (κ2) is 8.73. The van der Waals surface area contributed by atoms with Gasteiger partial charge in [0.2, 0.25) is 15.9 Å². The van der Waals surface area contributed by atoms with Gasteiger partial charge in [-0.15, -0.1) is 0 Å². The Kier molecular flexibility index (Phi) is 6.15. The van der Waals surface area contributed by atoms with E-state index in [9.17, 15) is 18.0 Å². The molecule has 8 nitrogen and oxygen atoms in total. The van der Waals surface area contributed by atoms with Gasteiger partial charge in [0.25, 0.3) is 5.91 Å². The zero-order valence-corrected chi connectivity index (χ0v) is 19.3. The van der Waals surface area contributed by atoms with Crippen LogP contribution in [0.25, 0.3) is 0 Å². The van der Waals surface area contributed by atoms with Gasteiger partial charge in [0.1, 0.15) is 5.75 Å². The van der Waals surface area contributed by atoms with Crippen LogP contribution in [-0.2, 0) is 19.6 Å². The number of halogens is 1. The summed E-state index contributed by atoms with van der Waals surface area (Å²) in [5.41, 5.74) is 2.43. The van der Waals surface area contributed by atoms with Crippen molar-refractivity contribution in [2.45, 2.75) is 31.6 Å². The fourth-order valence-electron chi connectivity index (χ4n) is 3.96. The largest absolute Gasteiger partial charge is 0.482 e. The summed E-state index contributed by atoms with van der Waals surface area (Å²) >= 11 is 6.22. The molecular weight excluding hydrogens is 454 g/mol. The number of nitrogens with one attached hydrogen (secondary N) is 2. The van der Waals surface area contributed by atoms with Crippen LogP contribution in [0.15, 0.2) is 35.2 Å². The third-order valence-electron chi connectivity index (χ3n) is 5.67. The van der Waals surface area contributed by atoms with Crippen molar-refractivity contribution in [2.24, 2.45) is 5.92 Å². The van der Waals surface area contributed by atoms with E-state index in [1.54, 1.807) is 25.1 Å². The van der Waals surface area contributed by atoms with Crippen molar-refractivity contribution in [3.63, 3.8) is 0 Å². The number of fused-ring (bicyclic) bond motifs is 1. The maximum Gasteiger partial charge on any atom is 0.262 e. The molecule has 10 heteroatoms. The minimum absolute atomic E-state index is 0.0752. The Balaban J connectivity index is 1.53. The Hall–Kier alpha value is -2.62. The molecule has 0 saturated carbocycles. The SMILES string of the molecule is Cc1ccc(NC(=O)[C@H]2CCCN(S(=O)(=O)c3cc4c(cc3C)NC(=O)CO4)C2)c(Cl)c1. The summed E-state index contributed by atoms with van der Waals surface area (Å²) < 4.78 is 33.5. The molecule has 2 aromatic carbocycles. The van der Waals surface area contributed by atoms with Crippen LogP contribution in [0.1, 0.15) is 24.0 Å². The normalized spacial score (nSPS) is 19.0. The van der Waals surface area contributed by atoms with Crippen LogP contribution in [0.2, 0.25) is 5.02 Å². The lowest BCUT2D eigenvalue weighted by atomic mass is 9.98. The van der Waals surface area contributed by atoms with Crippen LogP contribution in [-0.4, -0.2) is 44.2 Å². The third kappa shape index (κ3) is 4.46. The van der Waals surface area contributed by atoms with Gasteiger partial charge in [0, 0.05) is 19.2 Å². The molecule has 0 aliphatic carbocycles. The molecular formula is C22H24ClN3O5S. The highest BCUT2D eigenvalue weighted by atomic mass is 35.5. The van der Waals surface area contributed by atoms with Crippen LogP contribution >= 0.6 is 11.6 Å². The molecule has 2 heterocycles. The molecule has 32 heavy (non-hydrogen) atoms. The molecule has 2 aromatic rings. The number of aryl methyl sites for hydroxylation is 2. The van der Waals surface area contributed by atoms with E-state index in [1.165, 1.54) is 10.4 Å². The first-order valence-electron chi connectivity index (χ1n) is 10.3. The summed E-state index contributed by atoms with van der Waals surface area (Å²) in [5, 5.41) is 5.94. The van der Waals surface area contributed by atoms with Crippen molar-refractivity contribution >= 4 is 44.8 Å². The van der Waals surface area contributed by atoms with Gasteiger partial charge in [-0.2, -0.15) is 4.31 Å². The molecule has 170 valence electrons. The first-order chi connectivity index (χ1) is 15.1. The predicted molar refractivity (Wildman–Crippen MR) is 122 cm³/mol. The van der Waals surface area contributed by atoms with Gasteiger partial charge in [-0.05, 0) is 56.0 Å². The maximum atomic E-state index is 13.4. The van der Waals surface area contributed by atoms with E-state index in [0.29, 0.717) is 47.1 Å². The van der Waals surface area contributed by atoms with E-state index in [1.807, 2.05) is 13.0 Å². The van der Waals surface area contributed by atoms with Crippen molar-refractivity contribution in [1.82, 2.24) is 4.31 Å². The maximum absolute atomic E-state index is 13.4. The highest BCUT2D eigenvalue weighted by molar-refractivity contribution is 7.89. The summed E-state index contributed by atoms with van der Waals surface area (Å²) in [5.74, 6) is -0.728. The molecule has 2 aliphatic rings. The van der Waals surface area contributed by atoms with Crippen molar-refractivity contribution in [3.05, 3.63) is 46.5 Å². The minimum atomic E-state index is -3.86. The molecule has 0 aromatic heterocycles. The molecule has 0 unspecified atom stereocenters. The number of piperidine rings is 1. The second-order valence-electron chi connectivity index (χ2n) is 8.13. The Morgan fingerprint density at radius 1 is 1.25 bits per heavy atom. The highest BCUT2D eigenvalue weighted by Crippen LogP contribution is 2.35. The molecule has 2 amide bonds. The number of ether oxygens (including phenoxy) is 1. The number of anilines is 2. The fourth-order valence-corrected chi connectivity index (χ4v) is 5.99. The summed E-state index contributed by atoms with van der Waals surface area (Å²) in [6.07, 6.45) is 1.15. The quantitative estimate of drug-likeness (QED) is 0.702. The number of carbonyl (C=O) groups excluding carboxylic acids is 2. The summed E-state index contributed by atoms with van der Waals surface area (Å²) in [6.45, 7) is 3.81. The number of hydrogen-bond acceptors (Lipinski definition) is 5. The van der Waals surface area contributed by atoms with Gasteiger partial charge in [-0.3, -0.25) is 9.59 Å². The Bertz CT molecular complexity index is 1200. The average Bonchev–Trinajstić information content (AvgIpc) is 2.75. The highest BCUT2D eigenvalue weighted by Gasteiger charge is 2.35. The lowest BCUT2D eigenvalue weighted by Gasteiger charge is -2.32. The Labute approximate surface area is 191 Å². The van der Waals surface area contributed by atoms with Gasteiger partial charge in [-0.25, -0.2) is 8.42 Å². The number of rotatable bonds is 4. The molecule has 0 bridgehead atoms. The lowest BCUT2D eigenvalue weighted by Crippen LogP contribution is -2.44. The van der Waals surface area contributed by atoms with E-state index >= 15 is 0 Å². The van der Waals surface area contributed by atoms with E-state index in [4.69, 9.17) is 16.3 Å². The van der Waals surface area contributed by atoms with Gasteiger partial charge in [0.15, 0.2) is 6.61 Å². The molecule has 2 aliphatic heterocycles. The van der Waals surface area contributed by atoms with Crippen molar-refractivity contribution in [3.8, 4) is 5.75 Å². The van der Waals surface area contributed by atoms with E-state index < -0.39 is 15.9 Å². The molecule has 0 radical (unpaired) electrons. The van der Waals surface area contributed by atoms with Crippen LogP contribution in [0.5, 0.6) is 5.75 Å².